The van der Waals surface area contributed by atoms with Gasteiger partial charge in [-0.05, 0) is 39.5 Å². The van der Waals surface area contributed by atoms with Crippen molar-refractivity contribution >= 4 is 15.9 Å². The lowest BCUT2D eigenvalue weighted by molar-refractivity contribution is -0.125. The molecule has 1 N–H and O–H groups in total. The van der Waals surface area contributed by atoms with Crippen molar-refractivity contribution in [2.45, 2.75) is 82.2 Å². The lowest BCUT2D eigenvalue weighted by Crippen LogP contribution is -2.48. The second-order valence-corrected chi connectivity index (χ2v) is 8.95. The highest BCUT2D eigenvalue weighted by Gasteiger charge is 2.42. The second kappa shape index (κ2) is 7.45. The molecule has 1 amide bonds. The summed E-state index contributed by atoms with van der Waals surface area (Å²) in [4.78, 5) is 12.9. The van der Waals surface area contributed by atoms with Crippen molar-refractivity contribution < 1.29 is 17.7 Å². The Morgan fingerprint density at radius 2 is 1.80 bits per heavy atom. The van der Waals surface area contributed by atoms with Gasteiger partial charge in [0.2, 0.25) is 15.9 Å². The van der Waals surface area contributed by atoms with E-state index in [0.29, 0.717) is 25.1 Å². The quantitative estimate of drug-likeness (QED) is 0.822. The molecule has 1 aromatic heterocycles. The summed E-state index contributed by atoms with van der Waals surface area (Å²) in [5.41, 5.74) is 0.340. The standard InChI is InChI=1S/C17H27N3O4S/c1-12-16(13(2)24-19-12)25(22,23)20-11-7-10-15(20)17(21)18-14-8-5-3-4-6-9-14/h14-15H,3-11H2,1-2H3,(H,18,21)/t15-/m1/s1. The topological polar surface area (TPSA) is 92.5 Å². The van der Waals surface area contributed by atoms with Crippen molar-refractivity contribution in [1.29, 1.82) is 0 Å². The zero-order chi connectivity index (χ0) is 18.0. The summed E-state index contributed by atoms with van der Waals surface area (Å²) in [5, 5.41) is 6.84. The molecule has 1 saturated heterocycles. The van der Waals surface area contributed by atoms with Gasteiger partial charge in [0.05, 0.1) is 0 Å². The second-order valence-electron chi connectivity index (χ2n) is 7.12. The molecule has 1 aliphatic carbocycles. The number of aryl methyl sites for hydroxylation is 2. The highest BCUT2D eigenvalue weighted by molar-refractivity contribution is 7.89. The SMILES string of the molecule is Cc1noc(C)c1S(=O)(=O)N1CCC[C@@H]1C(=O)NC1CCCCCC1. The van der Waals surface area contributed by atoms with Gasteiger partial charge in [-0.2, -0.15) is 4.31 Å². The Balaban J connectivity index is 1.76. The fraction of sp³-hybridized carbons (Fsp3) is 0.765. The molecular formula is C17H27N3O4S. The Morgan fingerprint density at radius 1 is 1.12 bits per heavy atom. The van der Waals surface area contributed by atoms with Crippen molar-refractivity contribution in [3.05, 3.63) is 11.5 Å². The van der Waals surface area contributed by atoms with Crippen molar-refractivity contribution in [2.24, 2.45) is 0 Å². The van der Waals surface area contributed by atoms with E-state index in [-0.39, 0.29) is 22.6 Å². The summed E-state index contributed by atoms with van der Waals surface area (Å²) in [6.45, 7) is 3.55. The molecule has 1 aliphatic heterocycles. The molecule has 0 bridgehead atoms. The van der Waals surface area contributed by atoms with E-state index < -0.39 is 16.1 Å². The molecule has 3 rings (SSSR count). The minimum atomic E-state index is -3.78. The molecule has 1 atom stereocenters. The monoisotopic (exact) mass is 369 g/mol. The summed E-state index contributed by atoms with van der Waals surface area (Å²) in [6.07, 6.45) is 7.87. The lowest BCUT2D eigenvalue weighted by atomic mass is 10.1. The third kappa shape index (κ3) is 3.74. The van der Waals surface area contributed by atoms with Gasteiger partial charge in [0.1, 0.15) is 16.6 Å². The van der Waals surface area contributed by atoms with Gasteiger partial charge in [0.25, 0.3) is 0 Å². The molecule has 2 fully saturated rings. The Kier molecular flexibility index (Phi) is 5.48. The highest BCUT2D eigenvalue weighted by atomic mass is 32.2. The lowest BCUT2D eigenvalue weighted by Gasteiger charge is -2.25. The molecule has 0 unspecified atom stereocenters. The predicted molar refractivity (Wildman–Crippen MR) is 92.5 cm³/mol. The van der Waals surface area contributed by atoms with E-state index >= 15 is 0 Å². The minimum Gasteiger partial charge on any atom is -0.360 e. The van der Waals surface area contributed by atoms with Crippen LogP contribution in [0.25, 0.3) is 0 Å². The van der Waals surface area contributed by atoms with Gasteiger partial charge >= 0.3 is 0 Å². The number of nitrogens with zero attached hydrogens (tertiary/aromatic N) is 2. The van der Waals surface area contributed by atoms with Gasteiger partial charge in [-0.1, -0.05) is 30.8 Å². The number of sulfonamides is 1. The summed E-state index contributed by atoms with van der Waals surface area (Å²) in [5.74, 6) is 0.104. The average molecular weight is 369 g/mol. The van der Waals surface area contributed by atoms with Crippen LogP contribution in [-0.4, -0.2) is 42.4 Å². The summed E-state index contributed by atoms with van der Waals surface area (Å²) >= 11 is 0. The van der Waals surface area contributed by atoms with Crippen LogP contribution >= 0.6 is 0 Å². The third-order valence-electron chi connectivity index (χ3n) is 5.24. The van der Waals surface area contributed by atoms with Crippen LogP contribution in [0, 0.1) is 13.8 Å². The molecule has 1 aromatic rings. The number of rotatable bonds is 4. The molecule has 140 valence electrons. The van der Waals surface area contributed by atoms with Gasteiger partial charge in [-0.15, -0.1) is 0 Å². The average Bonchev–Trinajstić information content (AvgIpc) is 3.10. The van der Waals surface area contributed by atoms with Crippen LogP contribution in [0.2, 0.25) is 0 Å². The van der Waals surface area contributed by atoms with Crippen molar-refractivity contribution in [2.75, 3.05) is 6.54 Å². The molecule has 0 aromatic carbocycles. The normalized spacial score (nSPS) is 23.5. The first kappa shape index (κ1) is 18.4. The zero-order valence-corrected chi connectivity index (χ0v) is 15.8. The van der Waals surface area contributed by atoms with Crippen LogP contribution in [-0.2, 0) is 14.8 Å². The number of carbonyl (C=O) groups excluding carboxylic acids is 1. The minimum absolute atomic E-state index is 0.0988. The first-order valence-electron chi connectivity index (χ1n) is 9.16. The Bertz CT molecular complexity index is 701. The van der Waals surface area contributed by atoms with E-state index in [1.54, 1.807) is 13.8 Å². The first-order chi connectivity index (χ1) is 11.9. The fourth-order valence-electron chi connectivity index (χ4n) is 3.97. The summed E-state index contributed by atoms with van der Waals surface area (Å²) in [7, 11) is -3.78. The molecule has 0 radical (unpaired) electrons. The number of amides is 1. The van der Waals surface area contributed by atoms with Gasteiger partial charge < -0.3 is 9.84 Å². The predicted octanol–water partition coefficient (Wildman–Crippen LogP) is 2.28. The van der Waals surface area contributed by atoms with E-state index in [9.17, 15) is 13.2 Å². The molecule has 2 aliphatic rings. The number of aromatic nitrogens is 1. The maximum Gasteiger partial charge on any atom is 0.249 e. The largest absolute Gasteiger partial charge is 0.360 e. The van der Waals surface area contributed by atoms with E-state index in [0.717, 1.165) is 25.7 Å². The Hall–Kier alpha value is -1.41. The number of nitrogens with one attached hydrogen (secondary N) is 1. The number of carbonyl (C=O) groups is 1. The van der Waals surface area contributed by atoms with Crippen LogP contribution in [0.3, 0.4) is 0 Å². The zero-order valence-electron chi connectivity index (χ0n) is 15.0. The molecule has 25 heavy (non-hydrogen) atoms. The molecule has 1 saturated carbocycles. The summed E-state index contributed by atoms with van der Waals surface area (Å²) < 4.78 is 32.4. The third-order valence-corrected chi connectivity index (χ3v) is 7.40. The smallest absolute Gasteiger partial charge is 0.249 e. The maximum atomic E-state index is 13.0. The molecule has 7 nitrogen and oxygen atoms in total. The van der Waals surface area contributed by atoms with Crippen LogP contribution in [0.15, 0.2) is 9.42 Å². The number of hydrogen-bond acceptors (Lipinski definition) is 5. The molecule has 2 heterocycles. The highest BCUT2D eigenvalue weighted by Crippen LogP contribution is 2.30. The summed E-state index contributed by atoms with van der Waals surface area (Å²) in [6, 6.07) is -0.471. The van der Waals surface area contributed by atoms with E-state index in [1.165, 1.54) is 17.1 Å². The van der Waals surface area contributed by atoms with E-state index in [4.69, 9.17) is 4.52 Å². The van der Waals surface area contributed by atoms with Gasteiger partial charge in [-0.25, -0.2) is 8.42 Å². The van der Waals surface area contributed by atoms with Gasteiger partial charge in [0.15, 0.2) is 5.76 Å². The van der Waals surface area contributed by atoms with Crippen LogP contribution in [0.4, 0.5) is 0 Å². The van der Waals surface area contributed by atoms with Crippen molar-refractivity contribution in [3.63, 3.8) is 0 Å². The van der Waals surface area contributed by atoms with Gasteiger partial charge in [0, 0.05) is 12.6 Å². The molecule has 8 heteroatoms. The van der Waals surface area contributed by atoms with Crippen LogP contribution in [0.5, 0.6) is 0 Å². The molecule has 0 spiro atoms. The van der Waals surface area contributed by atoms with E-state index in [2.05, 4.69) is 10.5 Å². The van der Waals surface area contributed by atoms with Crippen LogP contribution in [0.1, 0.15) is 62.8 Å². The van der Waals surface area contributed by atoms with Gasteiger partial charge in [-0.3, -0.25) is 4.79 Å². The maximum absolute atomic E-state index is 13.0. The number of hydrogen-bond donors (Lipinski definition) is 1. The fourth-order valence-corrected chi connectivity index (χ4v) is 5.92. The molecular weight excluding hydrogens is 342 g/mol. The van der Waals surface area contributed by atoms with Crippen molar-refractivity contribution in [1.82, 2.24) is 14.8 Å². The van der Waals surface area contributed by atoms with Crippen molar-refractivity contribution in [3.8, 4) is 0 Å². The Labute approximate surface area is 149 Å². The van der Waals surface area contributed by atoms with Crippen LogP contribution < -0.4 is 5.32 Å². The van der Waals surface area contributed by atoms with E-state index in [1.807, 2.05) is 0 Å². The first-order valence-corrected chi connectivity index (χ1v) is 10.6. The Morgan fingerprint density at radius 3 is 2.40 bits per heavy atom.